The van der Waals surface area contributed by atoms with Gasteiger partial charge in [0.05, 0.1) is 18.6 Å². The van der Waals surface area contributed by atoms with Crippen molar-refractivity contribution in [1.29, 1.82) is 0 Å². The Labute approximate surface area is 99.7 Å². The van der Waals surface area contributed by atoms with E-state index in [0.29, 0.717) is 5.76 Å². The Bertz CT molecular complexity index is 483. The molecule has 2 aromatic rings. The molecular weight excluding hydrogens is 216 g/mol. The van der Waals surface area contributed by atoms with E-state index in [1.165, 1.54) is 0 Å². The number of aliphatic carboxylic acids is 1. The summed E-state index contributed by atoms with van der Waals surface area (Å²) in [4.78, 5) is 10.9. The van der Waals surface area contributed by atoms with Crippen LogP contribution in [-0.2, 0) is 4.79 Å². The Morgan fingerprint density at radius 2 is 2.00 bits per heavy atom. The summed E-state index contributed by atoms with van der Waals surface area (Å²) >= 11 is 0. The van der Waals surface area contributed by atoms with Crippen molar-refractivity contribution in [1.82, 2.24) is 0 Å². The molecule has 0 aliphatic heterocycles. The summed E-state index contributed by atoms with van der Waals surface area (Å²) in [5.74, 6) is -0.355. The van der Waals surface area contributed by atoms with Crippen LogP contribution in [0.3, 0.4) is 0 Å². The fourth-order valence-corrected chi connectivity index (χ4v) is 1.85. The average Bonchev–Trinajstić information content (AvgIpc) is 2.80. The molecule has 0 spiro atoms. The summed E-state index contributed by atoms with van der Waals surface area (Å²) in [6.07, 6.45) is 1.61. The minimum Gasteiger partial charge on any atom is -0.481 e. The summed E-state index contributed by atoms with van der Waals surface area (Å²) in [6.45, 7) is 2.00. The molecule has 3 nitrogen and oxygen atoms in total. The monoisotopic (exact) mass is 230 g/mol. The number of carboxylic acid groups (broad SMARTS) is 1. The maximum Gasteiger partial charge on any atom is 0.304 e. The zero-order valence-electron chi connectivity index (χ0n) is 9.59. The number of rotatable bonds is 4. The van der Waals surface area contributed by atoms with Gasteiger partial charge in [-0.1, -0.05) is 29.8 Å². The van der Waals surface area contributed by atoms with Gasteiger partial charge < -0.3 is 9.52 Å². The van der Waals surface area contributed by atoms with Gasteiger partial charge in [-0.05, 0) is 24.6 Å². The van der Waals surface area contributed by atoms with Gasteiger partial charge in [-0.25, -0.2) is 0 Å². The summed E-state index contributed by atoms with van der Waals surface area (Å²) in [5.41, 5.74) is 2.12. The molecule has 1 heterocycles. The van der Waals surface area contributed by atoms with Crippen LogP contribution >= 0.6 is 0 Å². The van der Waals surface area contributed by atoms with Gasteiger partial charge in [-0.15, -0.1) is 0 Å². The van der Waals surface area contributed by atoms with Gasteiger partial charge in [-0.2, -0.15) is 0 Å². The van der Waals surface area contributed by atoms with Crippen LogP contribution in [0.15, 0.2) is 47.1 Å². The predicted molar refractivity (Wildman–Crippen MR) is 64.0 cm³/mol. The van der Waals surface area contributed by atoms with Crippen molar-refractivity contribution in [3.63, 3.8) is 0 Å². The van der Waals surface area contributed by atoms with E-state index in [0.717, 1.165) is 11.1 Å². The largest absolute Gasteiger partial charge is 0.481 e. The molecule has 17 heavy (non-hydrogen) atoms. The van der Waals surface area contributed by atoms with Gasteiger partial charge in [0, 0.05) is 0 Å². The van der Waals surface area contributed by atoms with E-state index in [1.807, 2.05) is 37.3 Å². The molecule has 0 saturated carbocycles. The number of benzene rings is 1. The Morgan fingerprint density at radius 3 is 2.53 bits per heavy atom. The first-order valence-electron chi connectivity index (χ1n) is 5.48. The van der Waals surface area contributed by atoms with Crippen LogP contribution in [0.2, 0.25) is 0 Å². The second-order valence-electron chi connectivity index (χ2n) is 4.08. The van der Waals surface area contributed by atoms with E-state index in [2.05, 4.69) is 0 Å². The topological polar surface area (TPSA) is 50.4 Å². The maximum atomic E-state index is 10.9. The lowest BCUT2D eigenvalue weighted by Gasteiger charge is -2.12. The molecule has 0 aliphatic rings. The van der Waals surface area contributed by atoms with E-state index in [4.69, 9.17) is 9.52 Å². The first-order chi connectivity index (χ1) is 8.16. The van der Waals surface area contributed by atoms with Crippen molar-refractivity contribution in [3.8, 4) is 0 Å². The second-order valence-corrected chi connectivity index (χ2v) is 4.08. The van der Waals surface area contributed by atoms with E-state index in [-0.39, 0.29) is 12.3 Å². The fraction of sp³-hybridized carbons (Fsp3) is 0.214. The molecule has 1 unspecified atom stereocenters. The van der Waals surface area contributed by atoms with E-state index in [1.54, 1.807) is 12.3 Å². The van der Waals surface area contributed by atoms with Crippen LogP contribution in [0.5, 0.6) is 0 Å². The molecule has 3 heteroatoms. The summed E-state index contributed by atoms with van der Waals surface area (Å²) < 4.78 is 5.32. The highest BCUT2D eigenvalue weighted by molar-refractivity contribution is 5.68. The van der Waals surface area contributed by atoms with Crippen LogP contribution in [0, 0.1) is 6.92 Å². The minimum absolute atomic E-state index is 0.0383. The zero-order chi connectivity index (χ0) is 12.3. The van der Waals surface area contributed by atoms with Gasteiger partial charge in [0.1, 0.15) is 5.76 Å². The molecule has 0 aliphatic carbocycles. The molecule has 88 valence electrons. The van der Waals surface area contributed by atoms with E-state index < -0.39 is 5.97 Å². The minimum atomic E-state index is -0.827. The quantitative estimate of drug-likeness (QED) is 0.877. The number of furan rings is 1. The number of carbonyl (C=O) groups is 1. The normalized spacial score (nSPS) is 12.3. The first kappa shape index (κ1) is 11.5. The molecular formula is C14H14O3. The Kier molecular flexibility index (Phi) is 3.28. The van der Waals surface area contributed by atoms with Crippen molar-refractivity contribution in [2.24, 2.45) is 0 Å². The lowest BCUT2D eigenvalue weighted by molar-refractivity contribution is -0.137. The van der Waals surface area contributed by atoms with Crippen LogP contribution < -0.4 is 0 Å². The van der Waals surface area contributed by atoms with E-state index in [9.17, 15) is 4.79 Å². The molecule has 1 atom stereocenters. The number of carboxylic acids is 1. The highest BCUT2D eigenvalue weighted by Gasteiger charge is 2.20. The number of hydrogen-bond donors (Lipinski definition) is 1. The third kappa shape index (κ3) is 2.75. The average molecular weight is 230 g/mol. The highest BCUT2D eigenvalue weighted by atomic mass is 16.4. The third-order valence-electron chi connectivity index (χ3n) is 2.75. The molecule has 0 radical (unpaired) electrons. The van der Waals surface area contributed by atoms with Crippen molar-refractivity contribution in [3.05, 3.63) is 59.5 Å². The molecule has 2 rings (SSSR count). The molecule has 1 aromatic carbocycles. The zero-order valence-corrected chi connectivity index (χ0v) is 9.59. The molecule has 1 N–H and O–H groups in total. The van der Waals surface area contributed by atoms with Crippen molar-refractivity contribution >= 4 is 5.97 Å². The van der Waals surface area contributed by atoms with Crippen molar-refractivity contribution < 1.29 is 14.3 Å². The van der Waals surface area contributed by atoms with Crippen molar-refractivity contribution in [2.45, 2.75) is 19.3 Å². The second kappa shape index (κ2) is 4.87. The fourth-order valence-electron chi connectivity index (χ4n) is 1.85. The van der Waals surface area contributed by atoms with Crippen LogP contribution in [0.1, 0.15) is 29.2 Å². The van der Waals surface area contributed by atoms with Gasteiger partial charge >= 0.3 is 5.97 Å². The lowest BCUT2D eigenvalue weighted by atomic mass is 9.93. The standard InChI is InChI=1S/C14H14O3/c1-10-4-6-11(7-5-10)12(9-14(15)16)13-3-2-8-17-13/h2-8,12H,9H2,1H3,(H,15,16). The SMILES string of the molecule is Cc1ccc(C(CC(=O)O)c2ccco2)cc1. The molecule has 1 aromatic heterocycles. The van der Waals surface area contributed by atoms with E-state index >= 15 is 0 Å². The molecule has 0 amide bonds. The van der Waals surface area contributed by atoms with Crippen LogP contribution in [0.25, 0.3) is 0 Å². The Hall–Kier alpha value is -2.03. The number of hydrogen-bond acceptors (Lipinski definition) is 2. The van der Waals surface area contributed by atoms with Gasteiger partial charge in [0.25, 0.3) is 0 Å². The maximum absolute atomic E-state index is 10.9. The summed E-state index contributed by atoms with van der Waals surface area (Å²) in [5, 5.41) is 8.96. The van der Waals surface area contributed by atoms with Gasteiger partial charge in [0.2, 0.25) is 0 Å². The molecule has 0 fully saturated rings. The Morgan fingerprint density at radius 1 is 1.29 bits per heavy atom. The first-order valence-corrected chi connectivity index (χ1v) is 5.48. The smallest absolute Gasteiger partial charge is 0.304 e. The predicted octanol–water partition coefficient (Wildman–Crippen LogP) is 3.19. The summed E-state index contributed by atoms with van der Waals surface area (Å²) in [7, 11) is 0. The lowest BCUT2D eigenvalue weighted by Crippen LogP contribution is -2.07. The number of aryl methyl sites for hydroxylation is 1. The molecule has 0 bridgehead atoms. The van der Waals surface area contributed by atoms with Crippen LogP contribution in [0.4, 0.5) is 0 Å². The van der Waals surface area contributed by atoms with Gasteiger partial charge in [0.15, 0.2) is 0 Å². The van der Waals surface area contributed by atoms with Gasteiger partial charge in [-0.3, -0.25) is 4.79 Å². The van der Waals surface area contributed by atoms with Crippen LogP contribution in [-0.4, -0.2) is 11.1 Å². The molecule has 0 saturated heterocycles. The summed E-state index contributed by atoms with van der Waals surface area (Å²) in [6, 6.07) is 11.4. The van der Waals surface area contributed by atoms with Crippen molar-refractivity contribution in [2.75, 3.05) is 0 Å². The third-order valence-corrected chi connectivity index (χ3v) is 2.75. The Balaban J connectivity index is 2.33. The highest BCUT2D eigenvalue weighted by Crippen LogP contribution is 2.28.